The molecular formula is C10H13N5O2. The summed E-state index contributed by atoms with van der Waals surface area (Å²) in [7, 11) is 1.36. The minimum Gasteiger partial charge on any atom is -0.469 e. The lowest BCUT2D eigenvalue weighted by Crippen LogP contribution is -2.11. The van der Waals surface area contributed by atoms with Crippen LogP contribution in [0, 0.1) is 6.92 Å². The third-order valence-electron chi connectivity index (χ3n) is 2.35. The van der Waals surface area contributed by atoms with Gasteiger partial charge in [0.1, 0.15) is 5.82 Å². The van der Waals surface area contributed by atoms with E-state index >= 15 is 0 Å². The van der Waals surface area contributed by atoms with Gasteiger partial charge in [0, 0.05) is 18.9 Å². The molecule has 0 aromatic carbocycles. The molecule has 0 saturated carbocycles. The third-order valence-corrected chi connectivity index (χ3v) is 2.35. The molecule has 1 N–H and O–H groups in total. The molecule has 17 heavy (non-hydrogen) atoms. The molecule has 2 aromatic rings. The standard InChI is InChI=1S/C10H13N5O2/c1-7-13-14-10-9(12-5-6-15(7)10)11-4-3-8(16)17-2/h5-6H,3-4H2,1-2H3,(H,11,12). The Balaban J connectivity index is 2.11. The molecule has 2 aromatic heterocycles. The first-order valence-corrected chi connectivity index (χ1v) is 5.19. The van der Waals surface area contributed by atoms with Crippen LogP contribution < -0.4 is 5.32 Å². The monoisotopic (exact) mass is 235 g/mol. The van der Waals surface area contributed by atoms with Crippen LogP contribution in [-0.2, 0) is 9.53 Å². The van der Waals surface area contributed by atoms with E-state index in [0.717, 1.165) is 5.82 Å². The minimum atomic E-state index is -0.262. The van der Waals surface area contributed by atoms with Gasteiger partial charge in [-0.05, 0) is 6.92 Å². The second-order valence-electron chi connectivity index (χ2n) is 3.47. The smallest absolute Gasteiger partial charge is 0.307 e. The fourth-order valence-corrected chi connectivity index (χ4v) is 1.45. The van der Waals surface area contributed by atoms with Gasteiger partial charge in [-0.25, -0.2) is 4.98 Å². The number of carbonyl (C=O) groups is 1. The molecule has 0 amide bonds. The van der Waals surface area contributed by atoms with Gasteiger partial charge < -0.3 is 10.1 Å². The summed E-state index contributed by atoms with van der Waals surface area (Å²) in [5, 5.41) is 11.0. The normalized spacial score (nSPS) is 10.5. The number of anilines is 1. The van der Waals surface area contributed by atoms with Crippen molar-refractivity contribution in [3.63, 3.8) is 0 Å². The maximum Gasteiger partial charge on any atom is 0.307 e. The molecule has 0 unspecified atom stereocenters. The van der Waals surface area contributed by atoms with E-state index in [0.29, 0.717) is 18.0 Å². The van der Waals surface area contributed by atoms with Crippen LogP contribution in [0.4, 0.5) is 5.82 Å². The van der Waals surface area contributed by atoms with E-state index in [1.165, 1.54) is 7.11 Å². The van der Waals surface area contributed by atoms with Gasteiger partial charge in [-0.3, -0.25) is 9.20 Å². The predicted octanol–water partition coefficient (Wildman–Crippen LogP) is 0.408. The van der Waals surface area contributed by atoms with Crippen molar-refractivity contribution in [1.82, 2.24) is 19.6 Å². The van der Waals surface area contributed by atoms with Crippen molar-refractivity contribution < 1.29 is 9.53 Å². The Hall–Kier alpha value is -2.18. The molecule has 0 fully saturated rings. The maximum absolute atomic E-state index is 11.0. The number of hydrogen-bond acceptors (Lipinski definition) is 6. The number of methoxy groups -OCH3 is 1. The van der Waals surface area contributed by atoms with Gasteiger partial charge in [0.2, 0.25) is 5.65 Å². The Labute approximate surface area is 97.8 Å². The molecule has 0 aliphatic carbocycles. The van der Waals surface area contributed by atoms with Gasteiger partial charge in [0.15, 0.2) is 5.82 Å². The number of carbonyl (C=O) groups excluding carboxylic acids is 1. The molecule has 0 spiro atoms. The number of ether oxygens (including phenoxy) is 1. The van der Waals surface area contributed by atoms with Crippen molar-refractivity contribution in [3.8, 4) is 0 Å². The predicted molar refractivity (Wildman–Crippen MR) is 60.6 cm³/mol. The molecular weight excluding hydrogens is 222 g/mol. The van der Waals surface area contributed by atoms with E-state index in [1.54, 1.807) is 12.4 Å². The molecule has 2 heterocycles. The Morgan fingerprint density at radius 2 is 2.35 bits per heavy atom. The summed E-state index contributed by atoms with van der Waals surface area (Å²) in [5.41, 5.74) is 0.648. The highest BCUT2D eigenvalue weighted by atomic mass is 16.5. The summed E-state index contributed by atoms with van der Waals surface area (Å²) < 4.78 is 6.37. The number of aromatic nitrogens is 4. The molecule has 0 aliphatic rings. The molecule has 7 heteroatoms. The van der Waals surface area contributed by atoms with Crippen LogP contribution in [0.15, 0.2) is 12.4 Å². The lowest BCUT2D eigenvalue weighted by molar-refractivity contribution is -0.140. The maximum atomic E-state index is 11.0. The molecule has 2 rings (SSSR count). The molecule has 0 radical (unpaired) electrons. The molecule has 0 saturated heterocycles. The second kappa shape index (κ2) is 4.77. The van der Waals surface area contributed by atoms with Crippen LogP contribution in [0.5, 0.6) is 0 Å². The highest BCUT2D eigenvalue weighted by molar-refractivity contribution is 5.70. The van der Waals surface area contributed by atoms with Crippen LogP contribution in [0.1, 0.15) is 12.2 Å². The van der Waals surface area contributed by atoms with E-state index < -0.39 is 0 Å². The van der Waals surface area contributed by atoms with Crippen molar-refractivity contribution in [2.75, 3.05) is 19.0 Å². The zero-order valence-electron chi connectivity index (χ0n) is 9.67. The van der Waals surface area contributed by atoms with Crippen LogP contribution >= 0.6 is 0 Å². The number of hydrogen-bond donors (Lipinski definition) is 1. The summed E-state index contributed by atoms with van der Waals surface area (Å²) in [5.74, 6) is 1.14. The van der Waals surface area contributed by atoms with Gasteiger partial charge in [-0.1, -0.05) is 0 Å². The minimum absolute atomic E-state index is 0.262. The van der Waals surface area contributed by atoms with Gasteiger partial charge >= 0.3 is 5.97 Å². The van der Waals surface area contributed by atoms with E-state index in [9.17, 15) is 4.79 Å². The Morgan fingerprint density at radius 3 is 3.12 bits per heavy atom. The van der Waals surface area contributed by atoms with Crippen LogP contribution in [0.3, 0.4) is 0 Å². The van der Waals surface area contributed by atoms with E-state index in [-0.39, 0.29) is 12.4 Å². The van der Waals surface area contributed by atoms with E-state index in [4.69, 9.17) is 0 Å². The lowest BCUT2D eigenvalue weighted by Gasteiger charge is -2.05. The van der Waals surface area contributed by atoms with E-state index in [2.05, 4.69) is 25.2 Å². The lowest BCUT2D eigenvalue weighted by atomic mass is 10.4. The van der Waals surface area contributed by atoms with Crippen molar-refractivity contribution in [1.29, 1.82) is 0 Å². The Bertz CT molecular complexity index is 536. The van der Waals surface area contributed by atoms with Gasteiger partial charge in [0.05, 0.1) is 13.5 Å². The van der Waals surface area contributed by atoms with Crippen LogP contribution in [0.2, 0.25) is 0 Å². The molecule has 0 bridgehead atoms. The summed E-state index contributed by atoms with van der Waals surface area (Å²) >= 11 is 0. The Kier molecular flexibility index (Phi) is 3.17. The number of aryl methyl sites for hydroxylation is 1. The average Bonchev–Trinajstić information content (AvgIpc) is 2.72. The summed E-state index contributed by atoms with van der Waals surface area (Å²) in [4.78, 5) is 15.1. The topological polar surface area (TPSA) is 81.4 Å². The first-order chi connectivity index (χ1) is 8.22. The highest BCUT2D eigenvalue weighted by Crippen LogP contribution is 2.11. The number of rotatable bonds is 4. The summed E-state index contributed by atoms with van der Waals surface area (Å²) in [6.45, 7) is 2.31. The largest absolute Gasteiger partial charge is 0.469 e. The van der Waals surface area contributed by atoms with Crippen molar-refractivity contribution in [2.24, 2.45) is 0 Å². The second-order valence-corrected chi connectivity index (χ2v) is 3.47. The average molecular weight is 235 g/mol. The van der Waals surface area contributed by atoms with Crippen LogP contribution in [0.25, 0.3) is 5.65 Å². The third kappa shape index (κ3) is 2.32. The fraction of sp³-hybridized carbons (Fsp3) is 0.400. The molecule has 90 valence electrons. The molecule has 7 nitrogen and oxygen atoms in total. The zero-order chi connectivity index (χ0) is 12.3. The summed E-state index contributed by atoms with van der Waals surface area (Å²) in [6, 6.07) is 0. The molecule has 0 aliphatic heterocycles. The first kappa shape index (κ1) is 11.3. The first-order valence-electron chi connectivity index (χ1n) is 5.19. The highest BCUT2D eigenvalue weighted by Gasteiger charge is 2.07. The number of nitrogens with one attached hydrogen (secondary N) is 1. The fourth-order valence-electron chi connectivity index (χ4n) is 1.45. The SMILES string of the molecule is COC(=O)CCNc1nccn2c(C)nnc12. The van der Waals surface area contributed by atoms with Crippen LogP contribution in [-0.4, -0.2) is 39.2 Å². The van der Waals surface area contributed by atoms with Gasteiger partial charge in [0.25, 0.3) is 0 Å². The number of fused-ring (bicyclic) bond motifs is 1. The van der Waals surface area contributed by atoms with Gasteiger partial charge in [-0.2, -0.15) is 0 Å². The Morgan fingerprint density at radius 1 is 1.53 bits per heavy atom. The van der Waals surface area contributed by atoms with E-state index in [1.807, 2.05) is 11.3 Å². The van der Waals surface area contributed by atoms with Crippen molar-refractivity contribution in [3.05, 3.63) is 18.2 Å². The van der Waals surface area contributed by atoms with Gasteiger partial charge in [-0.15, -0.1) is 10.2 Å². The van der Waals surface area contributed by atoms with Crippen molar-refractivity contribution >= 4 is 17.4 Å². The number of esters is 1. The zero-order valence-corrected chi connectivity index (χ0v) is 9.67. The summed E-state index contributed by atoms with van der Waals surface area (Å²) in [6.07, 6.45) is 3.73. The van der Waals surface area contributed by atoms with Crippen molar-refractivity contribution in [2.45, 2.75) is 13.3 Å². The molecule has 0 atom stereocenters. The quantitative estimate of drug-likeness (QED) is 0.773. The number of nitrogens with zero attached hydrogens (tertiary/aromatic N) is 4.